The fourth-order valence-corrected chi connectivity index (χ4v) is 4.21. The van der Waals surface area contributed by atoms with Gasteiger partial charge < -0.3 is 20.5 Å². The van der Waals surface area contributed by atoms with E-state index in [0.29, 0.717) is 32.4 Å². The first-order valence-corrected chi connectivity index (χ1v) is 11.8. The lowest BCUT2D eigenvalue weighted by molar-refractivity contribution is -0.141. The zero-order chi connectivity index (χ0) is 24.7. The number of carbonyl (C=O) groups is 3. The number of nitrogens with one attached hydrogen (secondary N) is 2. The molecule has 0 radical (unpaired) electrons. The lowest BCUT2D eigenvalue weighted by atomic mass is 9.88. The van der Waals surface area contributed by atoms with Crippen LogP contribution in [0.5, 0.6) is 0 Å². The molecule has 0 aromatic heterocycles. The minimum Gasteiger partial charge on any atom is -0.481 e. The van der Waals surface area contributed by atoms with Crippen LogP contribution in [0.15, 0.2) is 48.5 Å². The van der Waals surface area contributed by atoms with Crippen molar-refractivity contribution in [2.45, 2.75) is 46.0 Å². The quantitative estimate of drug-likeness (QED) is 0.421. The second kappa shape index (κ2) is 11.2. The fraction of sp³-hybridized carbons (Fsp3) is 0.444. The van der Waals surface area contributed by atoms with E-state index in [1.807, 2.05) is 38.1 Å². The minimum atomic E-state index is -0.828. The molecule has 34 heavy (non-hydrogen) atoms. The average molecular weight is 467 g/mol. The summed E-state index contributed by atoms with van der Waals surface area (Å²) in [5, 5.41) is 14.5. The van der Waals surface area contributed by atoms with Gasteiger partial charge in [0.25, 0.3) is 0 Å². The smallest absolute Gasteiger partial charge is 0.407 e. The van der Waals surface area contributed by atoms with Crippen molar-refractivity contribution in [1.29, 1.82) is 0 Å². The van der Waals surface area contributed by atoms with E-state index in [1.54, 1.807) is 6.92 Å². The molecule has 0 bridgehead atoms. The van der Waals surface area contributed by atoms with Crippen LogP contribution in [-0.2, 0) is 14.3 Å². The second-order valence-corrected chi connectivity index (χ2v) is 9.52. The summed E-state index contributed by atoms with van der Waals surface area (Å²) in [6, 6.07) is 16.4. The van der Waals surface area contributed by atoms with Crippen LogP contribution in [0.2, 0.25) is 0 Å². The Morgan fingerprint density at radius 3 is 2.15 bits per heavy atom. The highest BCUT2D eigenvalue weighted by molar-refractivity contribution is 5.82. The van der Waals surface area contributed by atoms with Crippen molar-refractivity contribution in [1.82, 2.24) is 10.6 Å². The molecular weight excluding hydrogens is 432 g/mol. The Morgan fingerprint density at radius 1 is 0.971 bits per heavy atom. The van der Waals surface area contributed by atoms with Gasteiger partial charge in [0.05, 0.1) is 5.92 Å². The van der Waals surface area contributed by atoms with Crippen LogP contribution in [0, 0.1) is 11.3 Å². The molecule has 3 N–H and O–H groups in total. The Bertz CT molecular complexity index is 988. The van der Waals surface area contributed by atoms with Crippen molar-refractivity contribution in [2.24, 2.45) is 11.3 Å². The molecule has 0 spiro atoms. The number of carboxylic acid groups (broad SMARTS) is 1. The Balaban J connectivity index is 1.41. The lowest BCUT2D eigenvalue weighted by Crippen LogP contribution is -2.40. The predicted octanol–water partition coefficient (Wildman–Crippen LogP) is 4.56. The second-order valence-electron chi connectivity index (χ2n) is 9.52. The minimum absolute atomic E-state index is 0.00390. The van der Waals surface area contributed by atoms with Gasteiger partial charge in [-0.3, -0.25) is 9.59 Å². The Kier molecular flexibility index (Phi) is 8.31. The molecule has 0 aliphatic heterocycles. The van der Waals surface area contributed by atoms with Gasteiger partial charge in [-0.2, -0.15) is 0 Å². The first-order chi connectivity index (χ1) is 16.2. The molecule has 0 fully saturated rings. The topological polar surface area (TPSA) is 105 Å². The number of carbonyl (C=O) groups excluding carboxylic acids is 2. The molecule has 2 amide bonds. The summed E-state index contributed by atoms with van der Waals surface area (Å²) < 4.78 is 5.54. The Morgan fingerprint density at radius 2 is 1.56 bits per heavy atom. The highest BCUT2D eigenvalue weighted by atomic mass is 16.5. The van der Waals surface area contributed by atoms with Crippen molar-refractivity contribution in [3.8, 4) is 11.1 Å². The first kappa shape index (κ1) is 25.3. The number of alkyl carbamates (subject to hydrolysis) is 1. The van der Waals surface area contributed by atoms with Crippen molar-refractivity contribution < 1.29 is 24.2 Å². The maximum absolute atomic E-state index is 12.5. The third-order valence-corrected chi connectivity index (χ3v) is 6.50. The van der Waals surface area contributed by atoms with E-state index in [1.165, 1.54) is 11.1 Å². The van der Waals surface area contributed by atoms with Crippen LogP contribution in [-0.4, -0.2) is 42.8 Å². The molecular formula is C27H34N2O5. The number of benzene rings is 2. The van der Waals surface area contributed by atoms with Gasteiger partial charge in [-0.15, -0.1) is 0 Å². The normalized spacial score (nSPS) is 13.5. The molecule has 3 rings (SSSR count). The number of hydrogen-bond donors (Lipinski definition) is 3. The number of ether oxygens (including phenoxy) is 1. The van der Waals surface area contributed by atoms with Crippen LogP contribution >= 0.6 is 0 Å². The molecule has 182 valence electrons. The molecule has 0 saturated heterocycles. The van der Waals surface area contributed by atoms with E-state index in [4.69, 9.17) is 9.84 Å². The van der Waals surface area contributed by atoms with Gasteiger partial charge >= 0.3 is 12.1 Å². The van der Waals surface area contributed by atoms with Gasteiger partial charge in [0, 0.05) is 24.4 Å². The molecule has 1 atom stereocenters. The highest BCUT2D eigenvalue weighted by Gasteiger charge is 2.30. The lowest BCUT2D eigenvalue weighted by Gasteiger charge is -2.24. The molecule has 2 aromatic rings. The summed E-state index contributed by atoms with van der Waals surface area (Å²) in [5.41, 5.74) is 4.00. The average Bonchev–Trinajstić information content (AvgIpc) is 3.13. The van der Waals surface area contributed by atoms with E-state index in [2.05, 4.69) is 34.9 Å². The van der Waals surface area contributed by atoms with E-state index in [9.17, 15) is 14.4 Å². The Hall–Kier alpha value is -3.35. The summed E-state index contributed by atoms with van der Waals surface area (Å²) in [6.07, 6.45) is 1.07. The molecule has 1 unspecified atom stereocenters. The van der Waals surface area contributed by atoms with Gasteiger partial charge in [-0.25, -0.2) is 4.79 Å². The summed E-state index contributed by atoms with van der Waals surface area (Å²) in [6.45, 7) is 6.29. The maximum atomic E-state index is 12.5. The Labute approximate surface area is 200 Å². The molecule has 0 heterocycles. The van der Waals surface area contributed by atoms with Crippen LogP contribution in [0.3, 0.4) is 0 Å². The van der Waals surface area contributed by atoms with Gasteiger partial charge in [0.2, 0.25) is 5.91 Å². The van der Waals surface area contributed by atoms with Crippen molar-refractivity contribution >= 4 is 18.0 Å². The number of amides is 2. The highest BCUT2D eigenvalue weighted by Crippen LogP contribution is 2.44. The number of rotatable bonds is 11. The summed E-state index contributed by atoms with van der Waals surface area (Å²) >= 11 is 0. The van der Waals surface area contributed by atoms with E-state index >= 15 is 0 Å². The summed E-state index contributed by atoms with van der Waals surface area (Å²) in [5.74, 6) is -1.37. The van der Waals surface area contributed by atoms with Gasteiger partial charge in [0.1, 0.15) is 6.61 Å². The SMILES string of the molecule is CC(CCCNC(=O)C(C)(C)CCNC(=O)OCC1c2ccccc2-c2ccccc21)C(=O)O. The monoisotopic (exact) mass is 466 g/mol. The third-order valence-electron chi connectivity index (χ3n) is 6.50. The maximum Gasteiger partial charge on any atom is 0.407 e. The zero-order valence-electron chi connectivity index (χ0n) is 20.1. The van der Waals surface area contributed by atoms with Crippen molar-refractivity contribution in [3.05, 3.63) is 59.7 Å². The molecule has 0 saturated carbocycles. The van der Waals surface area contributed by atoms with Crippen LogP contribution in [0.25, 0.3) is 11.1 Å². The number of carboxylic acids is 1. The number of hydrogen-bond acceptors (Lipinski definition) is 4. The van der Waals surface area contributed by atoms with Crippen LogP contribution in [0.1, 0.15) is 57.1 Å². The molecule has 7 nitrogen and oxygen atoms in total. The molecule has 1 aliphatic carbocycles. The largest absolute Gasteiger partial charge is 0.481 e. The fourth-order valence-electron chi connectivity index (χ4n) is 4.21. The van der Waals surface area contributed by atoms with Gasteiger partial charge in [-0.05, 0) is 41.5 Å². The molecule has 1 aliphatic rings. The number of aliphatic carboxylic acids is 1. The summed E-state index contributed by atoms with van der Waals surface area (Å²) in [7, 11) is 0. The van der Waals surface area contributed by atoms with Crippen LogP contribution in [0.4, 0.5) is 4.79 Å². The van der Waals surface area contributed by atoms with Gasteiger partial charge in [0.15, 0.2) is 0 Å². The van der Waals surface area contributed by atoms with Crippen molar-refractivity contribution in [3.63, 3.8) is 0 Å². The van der Waals surface area contributed by atoms with Gasteiger partial charge in [-0.1, -0.05) is 69.3 Å². The van der Waals surface area contributed by atoms with E-state index in [0.717, 1.165) is 11.1 Å². The molecule has 7 heteroatoms. The van der Waals surface area contributed by atoms with Crippen molar-refractivity contribution in [2.75, 3.05) is 19.7 Å². The predicted molar refractivity (Wildman–Crippen MR) is 131 cm³/mol. The number of fused-ring (bicyclic) bond motifs is 3. The summed E-state index contributed by atoms with van der Waals surface area (Å²) in [4.78, 5) is 35.7. The third kappa shape index (κ3) is 6.16. The first-order valence-electron chi connectivity index (χ1n) is 11.8. The molecule has 2 aromatic carbocycles. The standard InChI is InChI=1S/C27H34N2O5/c1-18(24(30)31)9-8-15-28-25(32)27(2,3)14-16-29-26(33)34-17-23-21-12-6-4-10-19(21)20-11-5-7-13-22(20)23/h4-7,10-13,18,23H,8-9,14-17H2,1-3H3,(H,28,32)(H,29,33)(H,30,31). The van der Waals surface area contributed by atoms with E-state index < -0.39 is 23.4 Å². The zero-order valence-corrected chi connectivity index (χ0v) is 20.1. The van der Waals surface area contributed by atoms with Crippen LogP contribution < -0.4 is 10.6 Å². The van der Waals surface area contributed by atoms with E-state index in [-0.39, 0.29) is 18.4 Å².